The van der Waals surface area contributed by atoms with Crippen LogP contribution in [0, 0.1) is 17.5 Å². The first-order chi connectivity index (χ1) is 9.00. The molecule has 0 spiro atoms. The summed E-state index contributed by atoms with van der Waals surface area (Å²) in [6.07, 6.45) is -0.0245. The van der Waals surface area contributed by atoms with Crippen molar-refractivity contribution in [3.05, 3.63) is 71.0 Å². The zero-order valence-electron chi connectivity index (χ0n) is 9.61. The average Bonchev–Trinajstić information content (AvgIpc) is 2.44. The number of hydrogen-bond donors (Lipinski definition) is 1. The molecule has 0 heterocycles. The summed E-state index contributed by atoms with van der Waals surface area (Å²) < 4.78 is 40.5. The summed E-state index contributed by atoms with van der Waals surface area (Å²) in [7, 11) is 0. The van der Waals surface area contributed by atoms with Gasteiger partial charge in [-0.05, 0) is 17.7 Å². The van der Waals surface area contributed by atoms with E-state index >= 15 is 0 Å². The van der Waals surface area contributed by atoms with Gasteiger partial charge < -0.3 is 5.11 Å². The van der Waals surface area contributed by atoms with Crippen LogP contribution in [0.2, 0.25) is 0 Å². The number of carbonyl (C=O) groups excluding carboxylic acids is 1. The van der Waals surface area contributed by atoms with E-state index in [1.807, 2.05) is 0 Å². The van der Waals surface area contributed by atoms with Gasteiger partial charge >= 0.3 is 0 Å². The zero-order valence-corrected chi connectivity index (χ0v) is 9.61. The van der Waals surface area contributed by atoms with Crippen LogP contribution in [0.25, 0.3) is 0 Å². The smallest absolute Gasteiger partial charge is 0.176 e. The van der Waals surface area contributed by atoms with Crippen LogP contribution in [-0.4, -0.2) is 11.4 Å². The van der Waals surface area contributed by atoms with Gasteiger partial charge in [0.25, 0.3) is 0 Å². The highest BCUT2D eigenvalue weighted by Gasteiger charge is 2.38. The van der Waals surface area contributed by atoms with E-state index < -0.39 is 28.6 Å². The highest BCUT2D eigenvalue weighted by Crippen LogP contribution is 2.32. The van der Waals surface area contributed by atoms with Crippen LogP contribution >= 0.6 is 0 Å². The standard InChI is InChI=1S/C14H9F3O2/c15-10-6-7-11(16)13(17)12(10)14(19,8-18)9-4-2-1-3-5-9/h1-8,19H. The van der Waals surface area contributed by atoms with Gasteiger partial charge in [-0.15, -0.1) is 0 Å². The van der Waals surface area contributed by atoms with Crippen molar-refractivity contribution in [2.45, 2.75) is 5.60 Å². The monoisotopic (exact) mass is 266 g/mol. The Morgan fingerprint density at radius 3 is 2.11 bits per heavy atom. The molecule has 1 unspecified atom stereocenters. The minimum Gasteiger partial charge on any atom is -0.373 e. The molecule has 0 aliphatic rings. The van der Waals surface area contributed by atoms with Crippen molar-refractivity contribution in [1.82, 2.24) is 0 Å². The molecule has 2 aromatic carbocycles. The lowest BCUT2D eigenvalue weighted by Crippen LogP contribution is -2.32. The molecule has 1 N–H and O–H groups in total. The van der Waals surface area contributed by atoms with Crippen molar-refractivity contribution in [3.63, 3.8) is 0 Å². The Labute approximate surface area is 107 Å². The molecule has 0 radical (unpaired) electrons. The Hall–Kier alpha value is -2.14. The molecule has 2 nitrogen and oxygen atoms in total. The molecule has 0 fully saturated rings. The van der Waals surface area contributed by atoms with E-state index in [0.29, 0.717) is 12.1 Å². The number of carbonyl (C=O) groups is 1. The van der Waals surface area contributed by atoms with Gasteiger partial charge in [-0.2, -0.15) is 0 Å². The highest BCUT2D eigenvalue weighted by atomic mass is 19.2. The molecule has 0 bridgehead atoms. The SMILES string of the molecule is O=CC(O)(c1ccccc1)c1c(F)ccc(F)c1F. The molecule has 0 aliphatic heterocycles. The van der Waals surface area contributed by atoms with Gasteiger partial charge in [-0.25, -0.2) is 13.2 Å². The Bertz CT molecular complexity index is 614. The van der Waals surface area contributed by atoms with Crippen molar-refractivity contribution < 1.29 is 23.1 Å². The predicted octanol–water partition coefficient (Wildman–Crippen LogP) is 2.54. The Morgan fingerprint density at radius 2 is 1.53 bits per heavy atom. The van der Waals surface area contributed by atoms with Crippen molar-refractivity contribution in [3.8, 4) is 0 Å². The van der Waals surface area contributed by atoms with Crippen LogP contribution in [0.3, 0.4) is 0 Å². The van der Waals surface area contributed by atoms with Crippen LogP contribution in [0.5, 0.6) is 0 Å². The normalized spacial score (nSPS) is 13.9. The van der Waals surface area contributed by atoms with Crippen LogP contribution in [-0.2, 0) is 10.4 Å². The van der Waals surface area contributed by atoms with Crippen LogP contribution < -0.4 is 0 Å². The number of aldehydes is 1. The van der Waals surface area contributed by atoms with Crippen molar-refractivity contribution >= 4 is 6.29 Å². The third kappa shape index (κ3) is 2.13. The fraction of sp³-hybridized carbons (Fsp3) is 0.0714. The molecule has 5 heteroatoms. The summed E-state index contributed by atoms with van der Waals surface area (Å²) in [6, 6.07) is 8.46. The van der Waals surface area contributed by atoms with Gasteiger partial charge in [0.15, 0.2) is 23.5 Å². The molecule has 1 atom stereocenters. The first kappa shape index (κ1) is 13.3. The van der Waals surface area contributed by atoms with Gasteiger partial charge in [-0.3, -0.25) is 4.79 Å². The quantitative estimate of drug-likeness (QED) is 0.684. The van der Waals surface area contributed by atoms with Crippen LogP contribution in [0.4, 0.5) is 13.2 Å². The van der Waals surface area contributed by atoms with E-state index in [9.17, 15) is 23.1 Å². The summed E-state index contributed by atoms with van der Waals surface area (Å²) in [4.78, 5) is 11.1. The summed E-state index contributed by atoms with van der Waals surface area (Å²) in [5, 5.41) is 10.2. The number of benzene rings is 2. The number of hydrogen-bond acceptors (Lipinski definition) is 2. The van der Waals surface area contributed by atoms with E-state index in [0.717, 1.165) is 0 Å². The molecule has 98 valence electrons. The first-order valence-electron chi connectivity index (χ1n) is 5.39. The molecular formula is C14H9F3O2. The number of rotatable bonds is 3. The summed E-state index contributed by atoms with van der Waals surface area (Å²) in [6.45, 7) is 0. The van der Waals surface area contributed by atoms with Crippen molar-refractivity contribution in [2.24, 2.45) is 0 Å². The van der Waals surface area contributed by atoms with Gasteiger partial charge in [0.2, 0.25) is 0 Å². The molecule has 0 amide bonds. The Balaban J connectivity index is 2.73. The second-order valence-electron chi connectivity index (χ2n) is 3.97. The largest absolute Gasteiger partial charge is 0.373 e. The average molecular weight is 266 g/mol. The van der Waals surface area contributed by atoms with Crippen molar-refractivity contribution in [1.29, 1.82) is 0 Å². The summed E-state index contributed by atoms with van der Waals surface area (Å²) in [5.41, 5.74) is -3.64. The molecular weight excluding hydrogens is 257 g/mol. The van der Waals surface area contributed by atoms with Gasteiger partial charge in [0.05, 0.1) is 5.56 Å². The lowest BCUT2D eigenvalue weighted by atomic mass is 9.87. The van der Waals surface area contributed by atoms with Gasteiger partial charge in [-0.1, -0.05) is 30.3 Å². The molecule has 0 aromatic heterocycles. The van der Waals surface area contributed by atoms with E-state index in [1.165, 1.54) is 24.3 Å². The third-order valence-electron chi connectivity index (χ3n) is 2.81. The number of aliphatic hydroxyl groups is 1. The maximum atomic E-state index is 13.7. The van der Waals surface area contributed by atoms with E-state index in [2.05, 4.69) is 0 Å². The molecule has 0 saturated heterocycles. The molecule has 2 aromatic rings. The minimum absolute atomic E-state index is 0.0245. The van der Waals surface area contributed by atoms with E-state index in [1.54, 1.807) is 6.07 Å². The number of halogens is 3. The third-order valence-corrected chi connectivity index (χ3v) is 2.81. The van der Waals surface area contributed by atoms with Crippen molar-refractivity contribution in [2.75, 3.05) is 0 Å². The second kappa shape index (κ2) is 4.85. The fourth-order valence-electron chi connectivity index (χ4n) is 1.84. The maximum absolute atomic E-state index is 13.7. The highest BCUT2D eigenvalue weighted by molar-refractivity contribution is 5.72. The topological polar surface area (TPSA) is 37.3 Å². The Morgan fingerprint density at radius 1 is 0.947 bits per heavy atom. The first-order valence-corrected chi connectivity index (χ1v) is 5.39. The maximum Gasteiger partial charge on any atom is 0.176 e. The Kier molecular flexibility index (Phi) is 3.40. The lowest BCUT2D eigenvalue weighted by molar-refractivity contribution is -0.121. The fourth-order valence-corrected chi connectivity index (χ4v) is 1.84. The van der Waals surface area contributed by atoms with Gasteiger partial charge in [0, 0.05) is 0 Å². The minimum atomic E-state index is -2.57. The molecule has 0 aliphatic carbocycles. The second-order valence-corrected chi connectivity index (χ2v) is 3.97. The lowest BCUT2D eigenvalue weighted by Gasteiger charge is -2.23. The summed E-state index contributed by atoms with van der Waals surface area (Å²) in [5.74, 6) is -4.12. The molecule has 2 rings (SSSR count). The molecule has 19 heavy (non-hydrogen) atoms. The zero-order chi connectivity index (χ0) is 14.0. The van der Waals surface area contributed by atoms with E-state index in [-0.39, 0.29) is 11.8 Å². The predicted molar refractivity (Wildman–Crippen MR) is 61.8 cm³/mol. The van der Waals surface area contributed by atoms with Gasteiger partial charge in [0.1, 0.15) is 5.82 Å². The summed E-state index contributed by atoms with van der Waals surface area (Å²) >= 11 is 0. The molecule has 0 saturated carbocycles. The van der Waals surface area contributed by atoms with Crippen LogP contribution in [0.1, 0.15) is 11.1 Å². The van der Waals surface area contributed by atoms with E-state index in [4.69, 9.17) is 0 Å². The van der Waals surface area contributed by atoms with Crippen LogP contribution in [0.15, 0.2) is 42.5 Å².